The fraction of sp³-hybridized carbons (Fsp3) is 0.545. The molecular weight excluding hydrogens is 352 g/mol. The van der Waals surface area contributed by atoms with Crippen LogP contribution in [0.5, 0.6) is 5.75 Å². The molecule has 150 valence electrons. The predicted octanol–water partition coefficient (Wildman–Crippen LogP) is 2.86. The molecule has 2 fully saturated rings. The quantitative estimate of drug-likeness (QED) is 0.800. The summed E-state index contributed by atoms with van der Waals surface area (Å²) in [4.78, 5) is 24.5. The molecule has 0 spiro atoms. The highest BCUT2D eigenvalue weighted by Gasteiger charge is 2.38. The lowest BCUT2D eigenvalue weighted by Gasteiger charge is -2.47. The Bertz CT molecular complexity index is 777. The summed E-state index contributed by atoms with van der Waals surface area (Å²) >= 11 is 0. The lowest BCUT2D eigenvalue weighted by atomic mass is 9.83. The van der Waals surface area contributed by atoms with Crippen LogP contribution in [0.15, 0.2) is 36.8 Å². The molecule has 2 saturated heterocycles. The van der Waals surface area contributed by atoms with Crippen LogP contribution in [-0.2, 0) is 17.8 Å². The molecule has 0 bridgehead atoms. The number of H-pyrrole nitrogens is 1. The van der Waals surface area contributed by atoms with E-state index in [2.05, 4.69) is 38.0 Å². The van der Waals surface area contributed by atoms with Crippen LogP contribution in [0.25, 0.3) is 0 Å². The first-order valence-electron chi connectivity index (χ1n) is 10.4. The number of aromatic nitrogens is 2. The lowest BCUT2D eigenvalue weighted by molar-refractivity contribution is -0.141. The summed E-state index contributed by atoms with van der Waals surface area (Å²) in [7, 11) is 0. The standard InChI is InChI=1S/C22H30N4O2/c1-2-28-20-5-3-4-17(12-20)14-25-10-9-21-18(15-25)6-7-22(27)26(21)11-8-19-13-23-16-24-19/h3-5,12-13,16,18,21H,2,6-11,14-15H2,1H3,(H,23,24)/t18-,21+/m0/s1. The normalized spacial score (nSPS) is 22.9. The van der Waals surface area contributed by atoms with Gasteiger partial charge in [0.2, 0.25) is 5.91 Å². The predicted molar refractivity (Wildman–Crippen MR) is 108 cm³/mol. The molecule has 28 heavy (non-hydrogen) atoms. The monoisotopic (exact) mass is 382 g/mol. The number of nitrogens with one attached hydrogen (secondary N) is 1. The van der Waals surface area contributed by atoms with Crippen molar-refractivity contribution in [2.75, 3.05) is 26.2 Å². The Morgan fingerprint density at radius 2 is 2.25 bits per heavy atom. The summed E-state index contributed by atoms with van der Waals surface area (Å²) in [5.74, 6) is 1.84. The fourth-order valence-corrected chi connectivity index (χ4v) is 4.68. The maximum atomic E-state index is 12.6. The minimum Gasteiger partial charge on any atom is -0.494 e. The third kappa shape index (κ3) is 4.38. The van der Waals surface area contributed by atoms with Gasteiger partial charge in [0.1, 0.15) is 5.75 Å². The van der Waals surface area contributed by atoms with E-state index in [0.717, 1.165) is 56.9 Å². The van der Waals surface area contributed by atoms with Crippen LogP contribution in [0.2, 0.25) is 0 Å². The number of carbonyl (C=O) groups excluding carboxylic acids is 1. The van der Waals surface area contributed by atoms with E-state index in [-0.39, 0.29) is 0 Å². The van der Waals surface area contributed by atoms with Gasteiger partial charge in [-0.05, 0) is 43.4 Å². The second kappa shape index (κ2) is 8.78. The van der Waals surface area contributed by atoms with Crippen molar-refractivity contribution >= 4 is 5.91 Å². The summed E-state index contributed by atoms with van der Waals surface area (Å²) in [5.41, 5.74) is 2.40. The van der Waals surface area contributed by atoms with Crippen molar-refractivity contribution in [3.05, 3.63) is 48.0 Å². The van der Waals surface area contributed by atoms with Gasteiger partial charge in [-0.2, -0.15) is 0 Å². The van der Waals surface area contributed by atoms with Gasteiger partial charge < -0.3 is 14.6 Å². The second-order valence-corrected chi connectivity index (χ2v) is 7.88. The van der Waals surface area contributed by atoms with E-state index in [1.54, 1.807) is 6.33 Å². The van der Waals surface area contributed by atoms with Crippen molar-refractivity contribution in [1.29, 1.82) is 0 Å². The highest BCUT2D eigenvalue weighted by Crippen LogP contribution is 2.32. The van der Waals surface area contributed by atoms with Gasteiger partial charge in [0.25, 0.3) is 0 Å². The number of hydrogen-bond acceptors (Lipinski definition) is 4. The number of piperidine rings is 2. The molecule has 2 atom stereocenters. The number of benzene rings is 1. The van der Waals surface area contributed by atoms with Gasteiger partial charge in [0.05, 0.1) is 12.9 Å². The van der Waals surface area contributed by atoms with E-state index < -0.39 is 0 Å². The number of rotatable bonds is 7. The Kier molecular flexibility index (Phi) is 5.95. The van der Waals surface area contributed by atoms with Gasteiger partial charge >= 0.3 is 0 Å². The average Bonchev–Trinajstić information content (AvgIpc) is 3.21. The lowest BCUT2D eigenvalue weighted by Crippen LogP contribution is -2.56. The molecule has 0 unspecified atom stereocenters. The summed E-state index contributed by atoms with van der Waals surface area (Å²) in [6.45, 7) is 6.55. The molecule has 4 rings (SSSR count). The summed E-state index contributed by atoms with van der Waals surface area (Å²) in [5, 5.41) is 0. The summed E-state index contributed by atoms with van der Waals surface area (Å²) in [6.07, 6.45) is 7.16. The van der Waals surface area contributed by atoms with Gasteiger partial charge in [-0.3, -0.25) is 9.69 Å². The van der Waals surface area contributed by atoms with Crippen molar-refractivity contribution < 1.29 is 9.53 Å². The van der Waals surface area contributed by atoms with Gasteiger partial charge in [-0.15, -0.1) is 0 Å². The van der Waals surface area contributed by atoms with Crippen molar-refractivity contribution in [3.63, 3.8) is 0 Å². The van der Waals surface area contributed by atoms with Crippen LogP contribution >= 0.6 is 0 Å². The Balaban J connectivity index is 1.36. The SMILES string of the molecule is CCOc1cccc(CN2CC[C@@H]3[C@@H](CCC(=O)N3CCc3cnc[nH]3)C2)c1. The van der Waals surface area contributed by atoms with Crippen LogP contribution in [0.1, 0.15) is 37.4 Å². The average molecular weight is 383 g/mol. The number of hydrogen-bond donors (Lipinski definition) is 1. The molecule has 1 N–H and O–H groups in total. The zero-order valence-corrected chi connectivity index (χ0v) is 16.6. The Morgan fingerprint density at radius 3 is 3.07 bits per heavy atom. The molecule has 6 heteroatoms. The number of likely N-dealkylation sites (tertiary alicyclic amines) is 2. The molecule has 1 aromatic carbocycles. The fourth-order valence-electron chi connectivity index (χ4n) is 4.68. The van der Waals surface area contributed by atoms with E-state index in [9.17, 15) is 4.79 Å². The zero-order chi connectivity index (χ0) is 19.3. The van der Waals surface area contributed by atoms with Gasteiger partial charge in [-0.25, -0.2) is 4.98 Å². The van der Waals surface area contributed by atoms with Crippen molar-refractivity contribution in [2.45, 2.75) is 45.2 Å². The smallest absolute Gasteiger partial charge is 0.222 e. The van der Waals surface area contributed by atoms with Gasteiger partial charge in [-0.1, -0.05) is 12.1 Å². The maximum absolute atomic E-state index is 12.6. The van der Waals surface area contributed by atoms with E-state index in [1.807, 2.05) is 19.2 Å². The second-order valence-electron chi connectivity index (χ2n) is 7.88. The van der Waals surface area contributed by atoms with Crippen molar-refractivity contribution in [3.8, 4) is 5.75 Å². The first kappa shape index (κ1) is 19.0. The van der Waals surface area contributed by atoms with Crippen LogP contribution in [-0.4, -0.2) is 58.0 Å². The van der Waals surface area contributed by atoms with E-state index in [0.29, 0.717) is 30.9 Å². The highest BCUT2D eigenvalue weighted by molar-refractivity contribution is 5.77. The highest BCUT2D eigenvalue weighted by atomic mass is 16.5. The minimum absolute atomic E-state index is 0.318. The molecule has 6 nitrogen and oxygen atoms in total. The van der Waals surface area contributed by atoms with E-state index in [4.69, 9.17) is 4.74 Å². The molecule has 3 heterocycles. The number of fused-ring (bicyclic) bond motifs is 1. The minimum atomic E-state index is 0.318. The van der Waals surface area contributed by atoms with Gasteiger partial charge in [0, 0.05) is 57.0 Å². The molecule has 2 aromatic rings. The Morgan fingerprint density at radius 1 is 1.32 bits per heavy atom. The van der Waals surface area contributed by atoms with Crippen LogP contribution in [0.4, 0.5) is 0 Å². The zero-order valence-electron chi connectivity index (χ0n) is 16.6. The third-order valence-electron chi connectivity index (χ3n) is 6.02. The Hall–Kier alpha value is -2.34. The van der Waals surface area contributed by atoms with Crippen LogP contribution < -0.4 is 4.74 Å². The van der Waals surface area contributed by atoms with Crippen molar-refractivity contribution in [2.24, 2.45) is 5.92 Å². The molecule has 0 saturated carbocycles. The summed E-state index contributed by atoms with van der Waals surface area (Å²) in [6, 6.07) is 8.80. The maximum Gasteiger partial charge on any atom is 0.222 e. The largest absolute Gasteiger partial charge is 0.494 e. The molecule has 2 aliphatic rings. The number of nitrogens with zero attached hydrogens (tertiary/aromatic N) is 3. The third-order valence-corrected chi connectivity index (χ3v) is 6.02. The molecular formula is C22H30N4O2. The number of aromatic amines is 1. The first-order valence-corrected chi connectivity index (χ1v) is 10.4. The number of amides is 1. The topological polar surface area (TPSA) is 61.5 Å². The molecule has 2 aliphatic heterocycles. The van der Waals surface area contributed by atoms with E-state index >= 15 is 0 Å². The number of carbonyl (C=O) groups is 1. The first-order chi connectivity index (χ1) is 13.7. The molecule has 0 radical (unpaired) electrons. The van der Waals surface area contributed by atoms with Gasteiger partial charge in [0.15, 0.2) is 0 Å². The Labute approximate surface area is 166 Å². The summed E-state index contributed by atoms with van der Waals surface area (Å²) < 4.78 is 5.64. The van der Waals surface area contributed by atoms with Crippen LogP contribution in [0.3, 0.4) is 0 Å². The van der Waals surface area contributed by atoms with Crippen LogP contribution in [0, 0.1) is 5.92 Å². The van der Waals surface area contributed by atoms with Crippen molar-refractivity contribution in [1.82, 2.24) is 19.8 Å². The molecule has 1 aromatic heterocycles. The van der Waals surface area contributed by atoms with E-state index in [1.165, 1.54) is 5.56 Å². The number of ether oxygens (including phenoxy) is 1. The number of imidazole rings is 1. The molecule has 0 aliphatic carbocycles. The molecule has 1 amide bonds.